The Bertz CT molecular complexity index is 594. The number of carboxylic acids is 1. The van der Waals surface area contributed by atoms with Crippen LogP contribution in [-0.4, -0.2) is 49.2 Å². The number of hydrogen-bond acceptors (Lipinski definition) is 5. The van der Waals surface area contributed by atoms with Gasteiger partial charge in [0.15, 0.2) is 0 Å². The largest absolute Gasteiger partial charge is 0.480 e. The first kappa shape index (κ1) is 14.0. The van der Waals surface area contributed by atoms with Gasteiger partial charge in [0.1, 0.15) is 11.7 Å². The highest BCUT2D eigenvalue weighted by Crippen LogP contribution is 2.27. The maximum Gasteiger partial charge on any atom is 0.326 e. The summed E-state index contributed by atoms with van der Waals surface area (Å²) >= 11 is 0. The first-order chi connectivity index (χ1) is 9.34. The lowest BCUT2D eigenvalue weighted by atomic mass is 10.2. The van der Waals surface area contributed by atoms with E-state index in [1.54, 1.807) is 0 Å². The van der Waals surface area contributed by atoms with Gasteiger partial charge in [-0.1, -0.05) is 0 Å². The maximum absolute atomic E-state index is 12.4. The molecule has 9 nitrogen and oxygen atoms in total. The van der Waals surface area contributed by atoms with Crippen molar-refractivity contribution >= 4 is 17.6 Å². The van der Waals surface area contributed by atoms with E-state index >= 15 is 0 Å². The van der Waals surface area contributed by atoms with Crippen molar-refractivity contribution in [2.45, 2.75) is 25.8 Å². The van der Waals surface area contributed by atoms with Crippen LogP contribution in [0.4, 0.5) is 5.69 Å². The van der Waals surface area contributed by atoms with Gasteiger partial charge in [-0.15, -0.1) is 0 Å². The summed E-state index contributed by atoms with van der Waals surface area (Å²) in [5.74, 6) is -1.76. The van der Waals surface area contributed by atoms with E-state index in [4.69, 9.17) is 5.11 Å². The van der Waals surface area contributed by atoms with Crippen molar-refractivity contribution in [1.29, 1.82) is 0 Å². The van der Waals surface area contributed by atoms with Crippen LogP contribution < -0.4 is 0 Å². The molecule has 20 heavy (non-hydrogen) atoms. The average molecular weight is 282 g/mol. The Morgan fingerprint density at radius 1 is 1.50 bits per heavy atom. The fraction of sp³-hybridized carbons (Fsp3) is 0.545. The molecule has 1 aliphatic heterocycles. The second-order valence-corrected chi connectivity index (χ2v) is 4.66. The number of aromatic nitrogens is 2. The molecular formula is C11H14N4O5. The molecule has 0 radical (unpaired) electrons. The predicted octanol–water partition coefficient (Wildman–Crippen LogP) is 0.326. The van der Waals surface area contributed by atoms with Crippen LogP contribution in [0.5, 0.6) is 0 Å². The molecule has 1 aromatic heterocycles. The number of nitro groups is 1. The number of carboxylic acid groups (broad SMARTS) is 1. The van der Waals surface area contributed by atoms with Gasteiger partial charge in [-0.2, -0.15) is 5.10 Å². The van der Waals surface area contributed by atoms with Gasteiger partial charge in [0.25, 0.3) is 5.91 Å². The molecule has 1 N–H and O–H groups in total. The van der Waals surface area contributed by atoms with E-state index in [1.807, 2.05) is 0 Å². The average Bonchev–Trinajstić information content (AvgIpc) is 2.92. The zero-order chi connectivity index (χ0) is 15.0. The number of aryl methyl sites for hydroxylation is 2. The van der Waals surface area contributed by atoms with Gasteiger partial charge in [0, 0.05) is 13.6 Å². The zero-order valence-corrected chi connectivity index (χ0v) is 11.1. The molecule has 2 heterocycles. The van der Waals surface area contributed by atoms with Crippen LogP contribution in [0.25, 0.3) is 0 Å². The van der Waals surface area contributed by atoms with Crippen LogP contribution in [0.1, 0.15) is 29.0 Å². The number of likely N-dealkylation sites (tertiary alicyclic amines) is 1. The Labute approximate surface area is 113 Å². The van der Waals surface area contributed by atoms with E-state index in [9.17, 15) is 19.7 Å². The molecule has 1 aromatic rings. The Morgan fingerprint density at radius 3 is 2.70 bits per heavy atom. The summed E-state index contributed by atoms with van der Waals surface area (Å²) in [6.45, 7) is 1.71. The number of carbonyl (C=O) groups is 2. The minimum atomic E-state index is -1.10. The topological polar surface area (TPSA) is 119 Å². The molecule has 2 rings (SSSR count). The number of rotatable bonds is 3. The van der Waals surface area contributed by atoms with Crippen LogP contribution >= 0.6 is 0 Å². The summed E-state index contributed by atoms with van der Waals surface area (Å²) < 4.78 is 1.13. The molecule has 0 bridgehead atoms. The molecule has 0 spiro atoms. The van der Waals surface area contributed by atoms with Crippen molar-refractivity contribution in [3.63, 3.8) is 0 Å². The van der Waals surface area contributed by atoms with Crippen molar-refractivity contribution in [3.8, 4) is 0 Å². The summed E-state index contributed by atoms with van der Waals surface area (Å²) in [5.41, 5.74) is -0.416. The van der Waals surface area contributed by atoms with Crippen LogP contribution in [-0.2, 0) is 11.8 Å². The monoisotopic (exact) mass is 282 g/mol. The minimum Gasteiger partial charge on any atom is -0.480 e. The van der Waals surface area contributed by atoms with Crippen LogP contribution in [0.15, 0.2) is 0 Å². The summed E-state index contributed by atoms with van der Waals surface area (Å²) in [5, 5.41) is 24.0. The zero-order valence-electron chi connectivity index (χ0n) is 11.1. The van der Waals surface area contributed by atoms with E-state index in [-0.39, 0.29) is 23.6 Å². The highest BCUT2D eigenvalue weighted by Gasteiger charge is 2.39. The minimum absolute atomic E-state index is 0.131. The Hall–Kier alpha value is -2.45. The SMILES string of the molecule is Cc1nn(C)c(C(=O)N2CCCC2C(=O)O)c1[N+](=O)[O-]. The Morgan fingerprint density at radius 2 is 2.15 bits per heavy atom. The van der Waals surface area contributed by atoms with Crippen molar-refractivity contribution < 1.29 is 19.6 Å². The van der Waals surface area contributed by atoms with Gasteiger partial charge in [-0.25, -0.2) is 4.79 Å². The van der Waals surface area contributed by atoms with Gasteiger partial charge in [0.2, 0.25) is 5.69 Å². The van der Waals surface area contributed by atoms with Crippen molar-refractivity contribution in [2.75, 3.05) is 6.54 Å². The molecule has 108 valence electrons. The molecule has 0 saturated carbocycles. The fourth-order valence-electron chi connectivity index (χ4n) is 2.51. The Kier molecular flexibility index (Phi) is 3.43. The molecular weight excluding hydrogens is 268 g/mol. The standard InChI is InChI=1S/C11H14N4O5/c1-6-8(15(19)20)9(13(2)12-6)10(16)14-5-3-4-7(14)11(17)18/h7H,3-5H2,1-2H3,(H,17,18). The molecule has 1 saturated heterocycles. The predicted molar refractivity (Wildman–Crippen MR) is 66.3 cm³/mol. The van der Waals surface area contributed by atoms with Crippen molar-refractivity contribution in [1.82, 2.24) is 14.7 Å². The summed E-state index contributed by atoms with van der Waals surface area (Å²) in [4.78, 5) is 35.1. The molecule has 1 fully saturated rings. The number of carbonyl (C=O) groups excluding carboxylic acids is 1. The number of hydrogen-bond donors (Lipinski definition) is 1. The fourth-order valence-corrected chi connectivity index (χ4v) is 2.51. The van der Waals surface area contributed by atoms with Crippen LogP contribution in [0.3, 0.4) is 0 Å². The molecule has 0 aromatic carbocycles. The summed E-state index contributed by atoms with van der Waals surface area (Å²) in [7, 11) is 1.43. The van der Waals surface area contributed by atoms with Crippen molar-refractivity contribution in [3.05, 3.63) is 21.5 Å². The number of aliphatic carboxylic acids is 1. The smallest absolute Gasteiger partial charge is 0.326 e. The van der Waals surface area contributed by atoms with Gasteiger partial charge < -0.3 is 10.0 Å². The van der Waals surface area contributed by atoms with E-state index in [2.05, 4.69) is 5.10 Å². The highest BCUT2D eigenvalue weighted by molar-refractivity contribution is 5.99. The van der Waals surface area contributed by atoms with E-state index < -0.39 is 22.8 Å². The van der Waals surface area contributed by atoms with Gasteiger partial charge in [-0.3, -0.25) is 19.6 Å². The molecule has 1 aliphatic rings. The summed E-state index contributed by atoms with van der Waals surface area (Å²) in [6, 6.07) is -0.933. The lowest BCUT2D eigenvalue weighted by Crippen LogP contribution is -2.41. The lowest BCUT2D eigenvalue weighted by molar-refractivity contribution is -0.385. The molecule has 1 unspecified atom stereocenters. The van der Waals surface area contributed by atoms with Crippen molar-refractivity contribution in [2.24, 2.45) is 7.05 Å². The second-order valence-electron chi connectivity index (χ2n) is 4.66. The Balaban J connectivity index is 2.44. The van der Waals surface area contributed by atoms with Gasteiger partial charge >= 0.3 is 11.7 Å². The van der Waals surface area contributed by atoms with E-state index in [0.29, 0.717) is 12.8 Å². The maximum atomic E-state index is 12.4. The number of nitrogens with zero attached hydrogens (tertiary/aromatic N) is 4. The van der Waals surface area contributed by atoms with Gasteiger partial charge in [0.05, 0.1) is 4.92 Å². The highest BCUT2D eigenvalue weighted by atomic mass is 16.6. The first-order valence-corrected chi connectivity index (χ1v) is 6.06. The third kappa shape index (κ3) is 2.10. The second kappa shape index (κ2) is 4.91. The lowest BCUT2D eigenvalue weighted by Gasteiger charge is -2.20. The van der Waals surface area contributed by atoms with E-state index in [1.165, 1.54) is 14.0 Å². The third-order valence-corrected chi connectivity index (χ3v) is 3.37. The number of amides is 1. The molecule has 9 heteroatoms. The normalized spacial score (nSPS) is 18.3. The molecule has 1 amide bonds. The quantitative estimate of drug-likeness (QED) is 0.630. The third-order valence-electron chi connectivity index (χ3n) is 3.37. The van der Waals surface area contributed by atoms with Crippen LogP contribution in [0.2, 0.25) is 0 Å². The summed E-state index contributed by atoms with van der Waals surface area (Å²) in [6.07, 6.45) is 0.916. The van der Waals surface area contributed by atoms with Gasteiger partial charge in [-0.05, 0) is 19.8 Å². The first-order valence-electron chi connectivity index (χ1n) is 6.06. The van der Waals surface area contributed by atoms with Crippen LogP contribution in [0, 0.1) is 17.0 Å². The molecule has 0 aliphatic carbocycles. The van der Waals surface area contributed by atoms with E-state index in [0.717, 1.165) is 9.58 Å². The molecule has 1 atom stereocenters.